The number of hydrogen-bond donors (Lipinski definition) is 2. The monoisotopic (exact) mass is 528 g/mol. The van der Waals surface area contributed by atoms with Crippen LogP contribution in [0.1, 0.15) is 18.9 Å². The Balaban J connectivity index is 0.00000300. The maximum absolute atomic E-state index is 11.6. The summed E-state index contributed by atoms with van der Waals surface area (Å²) >= 11 is 0. The van der Waals surface area contributed by atoms with Crippen molar-refractivity contribution in [1.82, 2.24) is 10.6 Å². The molecular formula is C21H29IN4O2S. The average Bonchev–Trinajstić information content (AvgIpc) is 3.15. The third-order valence-electron chi connectivity index (χ3n) is 4.77. The Hall–Kier alpha value is -1.81. The van der Waals surface area contributed by atoms with Crippen LogP contribution in [0.5, 0.6) is 0 Å². The summed E-state index contributed by atoms with van der Waals surface area (Å²) in [6.45, 7) is 5.29. The summed E-state index contributed by atoms with van der Waals surface area (Å²) in [5, 5.41) is 6.82. The number of halogens is 1. The molecule has 2 aromatic carbocycles. The van der Waals surface area contributed by atoms with E-state index in [0.29, 0.717) is 17.5 Å². The highest BCUT2D eigenvalue weighted by molar-refractivity contribution is 14.0. The predicted octanol–water partition coefficient (Wildman–Crippen LogP) is 3.04. The minimum Gasteiger partial charge on any atom is -0.369 e. The quantitative estimate of drug-likeness (QED) is 0.343. The first-order valence-electron chi connectivity index (χ1n) is 9.59. The predicted molar refractivity (Wildman–Crippen MR) is 130 cm³/mol. The zero-order valence-electron chi connectivity index (χ0n) is 16.8. The van der Waals surface area contributed by atoms with Gasteiger partial charge in [-0.15, -0.1) is 24.0 Å². The number of aliphatic imine (C=N–C) groups is 1. The van der Waals surface area contributed by atoms with Gasteiger partial charge in [0.1, 0.15) is 0 Å². The van der Waals surface area contributed by atoms with E-state index in [-0.39, 0.29) is 24.0 Å². The maximum Gasteiger partial charge on any atom is 0.191 e. The van der Waals surface area contributed by atoms with Gasteiger partial charge in [0.25, 0.3) is 0 Å². The van der Waals surface area contributed by atoms with Crippen molar-refractivity contribution in [2.75, 3.05) is 30.8 Å². The number of sulfone groups is 1. The fraction of sp³-hybridized carbons (Fsp3) is 0.381. The highest BCUT2D eigenvalue weighted by Gasteiger charge is 2.23. The smallest absolute Gasteiger partial charge is 0.191 e. The lowest BCUT2D eigenvalue weighted by atomic mass is 10.2. The van der Waals surface area contributed by atoms with Crippen LogP contribution in [0.3, 0.4) is 0 Å². The van der Waals surface area contributed by atoms with Crippen molar-refractivity contribution in [3.63, 3.8) is 0 Å². The van der Waals surface area contributed by atoms with Crippen LogP contribution >= 0.6 is 24.0 Å². The third kappa shape index (κ3) is 6.88. The molecule has 0 aromatic heterocycles. The van der Waals surface area contributed by atoms with E-state index in [1.165, 1.54) is 11.9 Å². The molecule has 158 valence electrons. The first-order chi connectivity index (χ1) is 13.5. The first-order valence-corrected chi connectivity index (χ1v) is 11.5. The molecule has 6 nitrogen and oxygen atoms in total. The molecule has 0 saturated carbocycles. The van der Waals surface area contributed by atoms with Crippen molar-refractivity contribution in [2.24, 2.45) is 4.99 Å². The molecule has 1 saturated heterocycles. The van der Waals surface area contributed by atoms with Crippen LogP contribution in [0, 0.1) is 0 Å². The molecule has 2 aromatic rings. The number of guanidine groups is 1. The second-order valence-corrected chi connectivity index (χ2v) is 9.04. The Morgan fingerprint density at radius 2 is 1.83 bits per heavy atom. The summed E-state index contributed by atoms with van der Waals surface area (Å²) in [7, 11) is -3.17. The van der Waals surface area contributed by atoms with Crippen molar-refractivity contribution in [3.05, 3.63) is 60.2 Å². The molecule has 0 radical (unpaired) electrons. The summed E-state index contributed by atoms with van der Waals surface area (Å²) in [6.07, 6.45) is 2.27. The number of rotatable bonds is 6. The molecule has 1 aliphatic rings. The van der Waals surface area contributed by atoms with Gasteiger partial charge in [0, 0.05) is 37.6 Å². The van der Waals surface area contributed by atoms with Crippen LogP contribution in [-0.4, -0.2) is 46.3 Å². The normalized spacial score (nSPS) is 17.0. The molecule has 8 heteroatoms. The SMILES string of the molecule is CCNC(=NCc1ccc(S(C)(=O)=O)cc1)NC1CCN(c2ccccc2)C1.I. The second kappa shape index (κ2) is 10.8. The summed E-state index contributed by atoms with van der Waals surface area (Å²) in [6, 6.07) is 17.7. The molecule has 1 fully saturated rings. The number of hydrogen-bond acceptors (Lipinski definition) is 4. The van der Waals surface area contributed by atoms with Gasteiger partial charge < -0.3 is 15.5 Å². The van der Waals surface area contributed by atoms with Crippen LogP contribution in [0.25, 0.3) is 0 Å². The molecule has 3 rings (SSSR count). The number of para-hydroxylation sites is 1. The number of nitrogens with one attached hydrogen (secondary N) is 2. The molecule has 0 amide bonds. The average molecular weight is 528 g/mol. The zero-order chi connectivity index (χ0) is 20.0. The van der Waals surface area contributed by atoms with Gasteiger partial charge >= 0.3 is 0 Å². The maximum atomic E-state index is 11.6. The molecule has 0 aliphatic carbocycles. The van der Waals surface area contributed by atoms with Gasteiger partial charge in [0.15, 0.2) is 15.8 Å². The largest absolute Gasteiger partial charge is 0.369 e. The number of benzene rings is 2. The van der Waals surface area contributed by atoms with E-state index < -0.39 is 9.84 Å². The fourth-order valence-corrected chi connectivity index (χ4v) is 3.91. The standard InChI is InChI=1S/C21H28N4O2S.HI/c1-3-22-21(23-15-17-9-11-20(12-10-17)28(2,26)27)24-18-13-14-25(16-18)19-7-5-4-6-8-19;/h4-12,18H,3,13-16H2,1-2H3,(H2,22,23,24);1H. The summed E-state index contributed by atoms with van der Waals surface area (Å²) < 4.78 is 23.1. The zero-order valence-corrected chi connectivity index (χ0v) is 20.0. The highest BCUT2D eigenvalue weighted by Crippen LogP contribution is 2.19. The van der Waals surface area contributed by atoms with Gasteiger partial charge in [-0.25, -0.2) is 13.4 Å². The lowest BCUT2D eigenvalue weighted by molar-refractivity contribution is 0.602. The molecule has 1 aliphatic heterocycles. The Bertz CT molecular complexity index is 902. The van der Waals surface area contributed by atoms with E-state index in [0.717, 1.165) is 37.6 Å². The van der Waals surface area contributed by atoms with Gasteiger partial charge in [-0.1, -0.05) is 30.3 Å². The molecule has 1 atom stereocenters. The highest BCUT2D eigenvalue weighted by atomic mass is 127. The van der Waals surface area contributed by atoms with E-state index in [1.54, 1.807) is 12.1 Å². The number of nitrogens with zero attached hydrogens (tertiary/aromatic N) is 2. The van der Waals surface area contributed by atoms with E-state index in [1.807, 2.05) is 25.1 Å². The van der Waals surface area contributed by atoms with Crippen LogP contribution in [0.15, 0.2) is 64.5 Å². The van der Waals surface area contributed by atoms with Gasteiger partial charge in [0.05, 0.1) is 11.4 Å². The lowest BCUT2D eigenvalue weighted by Crippen LogP contribution is -2.44. The van der Waals surface area contributed by atoms with Crippen molar-refractivity contribution in [3.8, 4) is 0 Å². The van der Waals surface area contributed by atoms with E-state index in [2.05, 4.69) is 44.8 Å². The number of anilines is 1. The molecule has 1 unspecified atom stereocenters. The molecule has 0 spiro atoms. The van der Waals surface area contributed by atoms with Crippen molar-refractivity contribution in [1.29, 1.82) is 0 Å². The Kier molecular flexibility index (Phi) is 8.76. The molecule has 0 bridgehead atoms. The topological polar surface area (TPSA) is 73.8 Å². The molecular weight excluding hydrogens is 499 g/mol. The van der Waals surface area contributed by atoms with Crippen molar-refractivity contribution in [2.45, 2.75) is 30.8 Å². The lowest BCUT2D eigenvalue weighted by Gasteiger charge is -2.20. The van der Waals surface area contributed by atoms with Gasteiger partial charge in [-0.05, 0) is 43.2 Å². The fourth-order valence-electron chi connectivity index (χ4n) is 3.28. The minimum absolute atomic E-state index is 0. The Morgan fingerprint density at radius 1 is 1.14 bits per heavy atom. The summed E-state index contributed by atoms with van der Waals surface area (Å²) in [4.78, 5) is 7.37. The van der Waals surface area contributed by atoms with Crippen LogP contribution in [0.2, 0.25) is 0 Å². The molecule has 29 heavy (non-hydrogen) atoms. The third-order valence-corrected chi connectivity index (χ3v) is 5.89. The Labute approximate surface area is 190 Å². The van der Waals surface area contributed by atoms with E-state index in [4.69, 9.17) is 0 Å². The summed E-state index contributed by atoms with van der Waals surface area (Å²) in [5.41, 5.74) is 2.22. The van der Waals surface area contributed by atoms with Gasteiger partial charge in [-0.2, -0.15) is 0 Å². The van der Waals surface area contributed by atoms with E-state index in [9.17, 15) is 8.42 Å². The second-order valence-electron chi connectivity index (χ2n) is 7.02. The van der Waals surface area contributed by atoms with E-state index >= 15 is 0 Å². The Morgan fingerprint density at radius 3 is 2.45 bits per heavy atom. The molecule has 2 N–H and O–H groups in total. The van der Waals surface area contributed by atoms with Crippen molar-refractivity contribution >= 4 is 45.5 Å². The van der Waals surface area contributed by atoms with Crippen LogP contribution in [0.4, 0.5) is 5.69 Å². The minimum atomic E-state index is -3.17. The summed E-state index contributed by atoms with van der Waals surface area (Å²) in [5.74, 6) is 0.787. The van der Waals surface area contributed by atoms with Crippen molar-refractivity contribution < 1.29 is 8.42 Å². The first kappa shape index (κ1) is 23.5. The molecule has 1 heterocycles. The van der Waals surface area contributed by atoms with Crippen LogP contribution in [-0.2, 0) is 16.4 Å². The van der Waals surface area contributed by atoms with Crippen LogP contribution < -0.4 is 15.5 Å². The van der Waals surface area contributed by atoms with Gasteiger partial charge in [-0.3, -0.25) is 0 Å². The van der Waals surface area contributed by atoms with Gasteiger partial charge in [0.2, 0.25) is 0 Å².